The molecule has 3 heteroatoms. The molecular formula is C12H18NOS+. The molecule has 1 aromatic carbocycles. The molecule has 0 aliphatic carbocycles. The Morgan fingerprint density at radius 1 is 1.13 bits per heavy atom. The third kappa shape index (κ3) is 3.86. The van der Waals surface area contributed by atoms with Crippen LogP contribution in [0, 0.1) is 0 Å². The van der Waals surface area contributed by atoms with Gasteiger partial charge in [0.15, 0.2) is 0 Å². The highest BCUT2D eigenvalue weighted by Crippen LogP contribution is 2.15. The van der Waals surface area contributed by atoms with Crippen molar-refractivity contribution >= 4 is 11.8 Å². The molecule has 2 nitrogen and oxygen atoms in total. The fraction of sp³-hybridized carbons (Fsp3) is 0.500. The van der Waals surface area contributed by atoms with E-state index >= 15 is 0 Å². The molecule has 82 valence electrons. The lowest BCUT2D eigenvalue weighted by molar-refractivity contribution is -0.905. The summed E-state index contributed by atoms with van der Waals surface area (Å²) in [5.41, 5.74) is 0. The molecule has 15 heavy (non-hydrogen) atoms. The lowest BCUT2D eigenvalue weighted by atomic mass is 10.4. The topological polar surface area (TPSA) is 13.7 Å². The van der Waals surface area contributed by atoms with Crippen molar-refractivity contribution in [2.24, 2.45) is 0 Å². The highest BCUT2D eigenvalue weighted by Gasteiger charge is 2.12. The van der Waals surface area contributed by atoms with Gasteiger partial charge in [0.25, 0.3) is 0 Å². The van der Waals surface area contributed by atoms with Crippen LogP contribution >= 0.6 is 11.8 Å². The van der Waals surface area contributed by atoms with E-state index in [-0.39, 0.29) is 0 Å². The van der Waals surface area contributed by atoms with Gasteiger partial charge in [0.05, 0.1) is 19.8 Å². The van der Waals surface area contributed by atoms with E-state index in [1.807, 2.05) is 11.8 Å². The van der Waals surface area contributed by atoms with Crippen LogP contribution in [0.25, 0.3) is 0 Å². The third-order valence-corrected chi connectivity index (χ3v) is 3.68. The number of quaternary nitrogens is 1. The van der Waals surface area contributed by atoms with Crippen LogP contribution in [0.4, 0.5) is 0 Å². The minimum absolute atomic E-state index is 0.936. The highest BCUT2D eigenvalue weighted by atomic mass is 32.2. The Bertz CT molecular complexity index is 272. The first-order valence-corrected chi connectivity index (χ1v) is 6.53. The maximum atomic E-state index is 5.34. The molecule has 0 bridgehead atoms. The van der Waals surface area contributed by atoms with Gasteiger partial charge < -0.3 is 9.64 Å². The molecule has 0 aromatic heterocycles. The molecule has 0 radical (unpaired) electrons. The van der Waals surface area contributed by atoms with E-state index < -0.39 is 0 Å². The van der Waals surface area contributed by atoms with Crippen molar-refractivity contribution < 1.29 is 9.64 Å². The van der Waals surface area contributed by atoms with Crippen molar-refractivity contribution in [3.63, 3.8) is 0 Å². The fourth-order valence-corrected chi connectivity index (χ4v) is 2.72. The van der Waals surface area contributed by atoms with Gasteiger partial charge in [-0.1, -0.05) is 18.2 Å². The molecule has 0 atom stereocenters. The molecule has 1 fully saturated rings. The largest absolute Gasteiger partial charge is 0.370 e. The van der Waals surface area contributed by atoms with Crippen LogP contribution < -0.4 is 4.90 Å². The van der Waals surface area contributed by atoms with E-state index in [0.29, 0.717) is 0 Å². The zero-order valence-electron chi connectivity index (χ0n) is 8.95. The highest BCUT2D eigenvalue weighted by molar-refractivity contribution is 7.99. The minimum Gasteiger partial charge on any atom is -0.370 e. The number of hydrogen-bond acceptors (Lipinski definition) is 2. The summed E-state index contributed by atoms with van der Waals surface area (Å²) in [7, 11) is 0. The Kier molecular flexibility index (Phi) is 4.51. The lowest BCUT2D eigenvalue weighted by Gasteiger charge is -2.23. The normalized spacial score (nSPS) is 17.9. The van der Waals surface area contributed by atoms with Gasteiger partial charge in [-0.2, -0.15) is 0 Å². The Hall–Kier alpha value is -0.510. The lowest BCUT2D eigenvalue weighted by Crippen LogP contribution is -3.14. The maximum absolute atomic E-state index is 5.34. The first kappa shape index (κ1) is 11.0. The molecule has 0 unspecified atom stereocenters. The van der Waals surface area contributed by atoms with Crippen molar-refractivity contribution in [2.75, 3.05) is 38.6 Å². The number of hydrogen-bond donors (Lipinski definition) is 1. The van der Waals surface area contributed by atoms with E-state index in [2.05, 4.69) is 30.3 Å². The Balaban J connectivity index is 1.66. The van der Waals surface area contributed by atoms with Crippen LogP contribution in [0.2, 0.25) is 0 Å². The predicted molar refractivity (Wildman–Crippen MR) is 63.5 cm³/mol. The number of nitrogens with one attached hydrogen (secondary N) is 1. The first-order valence-electron chi connectivity index (χ1n) is 5.54. The molecule has 1 aliphatic heterocycles. The van der Waals surface area contributed by atoms with Gasteiger partial charge in [0.1, 0.15) is 13.1 Å². The van der Waals surface area contributed by atoms with Crippen molar-refractivity contribution in [1.82, 2.24) is 0 Å². The van der Waals surface area contributed by atoms with E-state index in [4.69, 9.17) is 4.74 Å². The van der Waals surface area contributed by atoms with Gasteiger partial charge in [-0.3, -0.25) is 0 Å². The Labute approximate surface area is 95.6 Å². The molecule has 1 aromatic rings. The fourth-order valence-electron chi connectivity index (χ4n) is 1.74. The van der Waals surface area contributed by atoms with E-state index in [9.17, 15) is 0 Å². The average Bonchev–Trinajstić information content (AvgIpc) is 2.32. The molecule has 1 N–H and O–H groups in total. The molecule has 0 saturated carbocycles. The predicted octanol–water partition coefficient (Wildman–Crippen LogP) is 0.694. The maximum Gasteiger partial charge on any atom is 0.101 e. The second-order valence-corrected chi connectivity index (χ2v) is 4.94. The molecule has 2 rings (SSSR count). The van der Waals surface area contributed by atoms with Crippen LogP contribution in [-0.2, 0) is 4.74 Å². The first-order chi connectivity index (χ1) is 7.45. The summed E-state index contributed by atoms with van der Waals surface area (Å²) in [6.07, 6.45) is 0. The van der Waals surface area contributed by atoms with Gasteiger partial charge in [0, 0.05) is 10.6 Å². The molecule has 1 heterocycles. The standard InChI is InChI=1S/C12H17NOS/c1-2-4-12(5-3-1)15-11-8-13-6-9-14-10-7-13/h1-5H,6-11H2/p+1. The van der Waals surface area contributed by atoms with Gasteiger partial charge in [-0.25, -0.2) is 0 Å². The molecule has 1 aliphatic rings. The quantitative estimate of drug-likeness (QED) is 0.756. The van der Waals surface area contributed by atoms with Gasteiger partial charge in [0.2, 0.25) is 0 Å². The number of morpholine rings is 1. The zero-order valence-corrected chi connectivity index (χ0v) is 9.76. The van der Waals surface area contributed by atoms with Gasteiger partial charge in [-0.05, 0) is 12.1 Å². The van der Waals surface area contributed by atoms with Crippen LogP contribution in [0.3, 0.4) is 0 Å². The summed E-state index contributed by atoms with van der Waals surface area (Å²) >= 11 is 1.95. The second-order valence-electron chi connectivity index (χ2n) is 3.77. The van der Waals surface area contributed by atoms with Crippen molar-refractivity contribution in [3.8, 4) is 0 Å². The number of benzene rings is 1. The third-order valence-electron chi connectivity index (χ3n) is 2.67. The smallest absolute Gasteiger partial charge is 0.101 e. The van der Waals surface area contributed by atoms with E-state index in [0.717, 1.165) is 13.2 Å². The second kappa shape index (κ2) is 6.16. The minimum atomic E-state index is 0.936. The number of thioether (sulfide) groups is 1. The molecule has 0 spiro atoms. The van der Waals surface area contributed by atoms with Crippen LogP contribution in [0.1, 0.15) is 0 Å². The molecule has 1 saturated heterocycles. The van der Waals surface area contributed by atoms with Crippen molar-refractivity contribution in [2.45, 2.75) is 4.90 Å². The molecule has 0 amide bonds. The average molecular weight is 224 g/mol. The zero-order chi connectivity index (χ0) is 10.3. The summed E-state index contributed by atoms with van der Waals surface area (Å²) < 4.78 is 5.34. The summed E-state index contributed by atoms with van der Waals surface area (Å²) in [6, 6.07) is 10.6. The number of ether oxygens (including phenoxy) is 1. The summed E-state index contributed by atoms with van der Waals surface area (Å²) in [6.45, 7) is 5.48. The van der Waals surface area contributed by atoms with Crippen molar-refractivity contribution in [3.05, 3.63) is 30.3 Å². The van der Waals surface area contributed by atoms with E-state index in [1.54, 1.807) is 4.90 Å². The number of rotatable bonds is 4. The summed E-state index contributed by atoms with van der Waals surface area (Å²) in [4.78, 5) is 3.06. The van der Waals surface area contributed by atoms with Crippen LogP contribution in [0.5, 0.6) is 0 Å². The Morgan fingerprint density at radius 3 is 2.60 bits per heavy atom. The van der Waals surface area contributed by atoms with Crippen molar-refractivity contribution in [1.29, 1.82) is 0 Å². The summed E-state index contributed by atoms with van der Waals surface area (Å²) in [5, 5.41) is 0. The molecular weight excluding hydrogens is 206 g/mol. The van der Waals surface area contributed by atoms with Crippen LogP contribution in [-0.4, -0.2) is 38.6 Å². The SMILES string of the molecule is c1ccc(SCC[NH+]2CCOCC2)cc1. The monoisotopic (exact) mass is 224 g/mol. The summed E-state index contributed by atoms with van der Waals surface area (Å²) in [5.74, 6) is 1.21. The van der Waals surface area contributed by atoms with Gasteiger partial charge in [-0.15, -0.1) is 11.8 Å². The Morgan fingerprint density at radius 2 is 1.87 bits per heavy atom. The van der Waals surface area contributed by atoms with E-state index in [1.165, 1.54) is 30.3 Å². The van der Waals surface area contributed by atoms with Gasteiger partial charge >= 0.3 is 0 Å². The van der Waals surface area contributed by atoms with Crippen LogP contribution in [0.15, 0.2) is 35.2 Å².